The number of hydrogen-bond acceptors (Lipinski definition) is 7. The van der Waals surface area contributed by atoms with E-state index in [-0.39, 0.29) is 16.8 Å². The van der Waals surface area contributed by atoms with Crippen molar-refractivity contribution in [1.29, 1.82) is 0 Å². The Kier molecular flexibility index (Phi) is 6.83. The number of alkyl halides is 2. The second-order valence-electron chi connectivity index (χ2n) is 8.22. The van der Waals surface area contributed by atoms with Crippen LogP contribution in [-0.4, -0.2) is 43.8 Å². The van der Waals surface area contributed by atoms with E-state index in [2.05, 4.69) is 31.0 Å². The zero-order chi connectivity index (χ0) is 26.7. The Balaban J connectivity index is 1.64. The summed E-state index contributed by atoms with van der Waals surface area (Å²) in [5.74, 6) is -3.71. The van der Waals surface area contributed by atoms with Gasteiger partial charge < -0.3 is 21.1 Å². The second kappa shape index (κ2) is 10.0. The summed E-state index contributed by atoms with van der Waals surface area (Å²) < 4.78 is 28.7. The van der Waals surface area contributed by atoms with Crippen LogP contribution in [0.3, 0.4) is 0 Å². The number of carbonyl (C=O) groups excluding carboxylic acids is 1. The molecular formula is C25H23F2N7O3. The van der Waals surface area contributed by atoms with Crippen LogP contribution in [0.2, 0.25) is 0 Å². The highest BCUT2D eigenvalue weighted by molar-refractivity contribution is 6.04. The molecule has 0 unspecified atom stereocenters. The van der Waals surface area contributed by atoms with Gasteiger partial charge in [-0.2, -0.15) is 9.78 Å². The molecule has 0 atom stereocenters. The number of aromatic carboxylic acids is 1. The normalized spacial score (nSPS) is 11.2. The average molecular weight is 508 g/mol. The lowest BCUT2D eigenvalue weighted by Crippen LogP contribution is -2.14. The Morgan fingerprint density at radius 1 is 1.05 bits per heavy atom. The maximum Gasteiger partial charge on any atom is 0.356 e. The van der Waals surface area contributed by atoms with Crippen molar-refractivity contribution in [2.75, 3.05) is 23.0 Å². The van der Waals surface area contributed by atoms with Crippen molar-refractivity contribution in [2.24, 2.45) is 0 Å². The molecule has 0 saturated carbocycles. The molecule has 0 bridgehead atoms. The first-order chi connectivity index (χ1) is 17.5. The summed E-state index contributed by atoms with van der Waals surface area (Å²) in [5, 5.41) is 22.3. The third-order valence-electron chi connectivity index (χ3n) is 5.44. The molecule has 12 heteroatoms. The molecule has 2 heterocycles. The predicted molar refractivity (Wildman–Crippen MR) is 134 cm³/mol. The van der Waals surface area contributed by atoms with Crippen LogP contribution >= 0.6 is 0 Å². The Labute approximate surface area is 210 Å². The zero-order valence-corrected chi connectivity index (χ0v) is 20.1. The quantitative estimate of drug-likeness (QED) is 0.267. The standard InChI is InChI=1S/C25H23F2N7O3/c1-14-7-8-17(31-23(35)15-5-4-6-16(9-15)25(2,26)27)10-18(14)32-22-11-19(24(36)37)33-34(22)21-12-20(28-3)29-13-30-21/h4-13,32H,1-3H3,(H,31,35)(H,36,37)(H,28,29,30). The molecule has 0 saturated heterocycles. The molecule has 0 aliphatic carbocycles. The molecule has 0 aliphatic heterocycles. The van der Waals surface area contributed by atoms with Crippen LogP contribution < -0.4 is 16.0 Å². The fourth-order valence-electron chi connectivity index (χ4n) is 3.46. The SMILES string of the molecule is CNc1cc(-n2nc(C(=O)O)cc2Nc2cc(NC(=O)c3cccc(C(C)(F)F)c3)ccc2C)ncn1. The molecule has 1 amide bonds. The number of anilines is 4. The van der Waals surface area contributed by atoms with Crippen molar-refractivity contribution in [3.63, 3.8) is 0 Å². The summed E-state index contributed by atoms with van der Waals surface area (Å²) >= 11 is 0. The van der Waals surface area contributed by atoms with Crippen molar-refractivity contribution < 1.29 is 23.5 Å². The van der Waals surface area contributed by atoms with Crippen LogP contribution in [0.5, 0.6) is 0 Å². The molecular weight excluding hydrogens is 484 g/mol. The molecule has 4 N–H and O–H groups in total. The van der Waals surface area contributed by atoms with Gasteiger partial charge in [0.1, 0.15) is 18.0 Å². The minimum atomic E-state index is -3.08. The van der Waals surface area contributed by atoms with Crippen molar-refractivity contribution in [2.45, 2.75) is 19.8 Å². The third kappa shape index (κ3) is 5.69. The minimum absolute atomic E-state index is 0.0855. The molecule has 0 aliphatic rings. The van der Waals surface area contributed by atoms with E-state index in [4.69, 9.17) is 0 Å². The molecule has 37 heavy (non-hydrogen) atoms. The van der Waals surface area contributed by atoms with Gasteiger partial charge in [0, 0.05) is 48.6 Å². The summed E-state index contributed by atoms with van der Waals surface area (Å²) in [6, 6.07) is 13.3. The van der Waals surface area contributed by atoms with E-state index in [9.17, 15) is 23.5 Å². The van der Waals surface area contributed by atoms with Crippen LogP contribution in [0, 0.1) is 6.92 Å². The number of hydrogen-bond donors (Lipinski definition) is 4. The summed E-state index contributed by atoms with van der Waals surface area (Å²) in [5.41, 5.74) is 1.35. The monoisotopic (exact) mass is 507 g/mol. The largest absolute Gasteiger partial charge is 0.476 e. The van der Waals surface area contributed by atoms with Crippen molar-refractivity contribution >= 4 is 34.9 Å². The molecule has 4 rings (SSSR count). The lowest BCUT2D eigenvalue weighted by molar-refractivity contribution is 0.0174. The minimum Gasteiger partial charge on any atom is -0.476 e. The van der Waals surface area contributed by atoms with Gasteiger partial charge in [-0.25, -0.2) is 23.5 Å². The number of nitrogens with zero attached hydrogens (tertiary/aromatic N) is 4. The van der Waals surface area contributed by atoms with Gasteiger partial charge in [-0.3, -0.25) is 4.79 Å². The fraction of sp³-hybridized carbons (Fsp3) is 0.160. The van der Waals surface area contributed by atoms with Crippen molar-refractivity contribution in [3.05, 3.63) is 83.3 Å². The van der Waals surface area contributed by atoms with Gasteiger partial charge in [0.15, 0.2) is 11.5 Å². The molecule has 4 aromatic rings. The highest BCUT2D eigenvalue weighted by atomic mass is 19.3. The van der Waals surface area contributed by atoms with E-state index in [0.29, 0.717) is 28.8 Å². The Hall–Kier alpha value is -4.87. The number of carboxylic acids is 1. The molecule has 0 spiro atoms. The van der Waals surface area contributed by atoms with Crippen LogP contribution in [0.4, 0.5) is 31.8 Å². The first kappa shape index (κ1) is 25.2. The smallest absolute Gasteiger partial charge is 0.356 e. The number of rotatable bonds is 8. The van der Waals surface area contributed by atoms with E-state index in [0.717, 1.165) is 18.6 Å². The molecule has 10 nitrogen and oxygen atoms in total. The fourth-order valence-corrected chi connectivity index (χ4v) is 3.46. The van der Waals surface area contributed by atoms with Gasteiger partial charge in [0.05, 0.1) is 0 Å². The zero-order valence-electron chi connectivity index (χ0n) is 20.1. The number of nitrogens with one attached hydrogen (secondary N) is 3. The van der Waals surface area contributed by atoms with Crippen LogP contribution in [0.15, 0.2) is 60.9 Å². The number of aryl methyl sites for hydroxylation is 1. The lowest BCUT2D eigenvalue weighted by Gasteiger charge is -2.14. The van der Waals surface area contributed by atoms with Gasteiger partial charge in [-0.1, -0.05) is 18.2 Å². The molecule has 0 radical (unpaired) electrons. The Morgan fingerprint density at radius 2 is 1.84 bits per heavy atom. The van der Waals surface area contributed by atoms with Gasteiger partial charge in [0.2, 0.25) is 0 Å². The van der Waals surface area contributed by atoms with Gasteiger partial charge in [-0.15, -0.1) is 0 Å². The number of carboxylic acid groups (broad SMARTS) is 1. The Bertz CT molecular complexity index is 1480. The van der Waals surface area contributed by atoms with Crippen LogP contribution in [-0.2, 0) is 5.92 Å². The first-order valence-corrected chi connectivity index (χ1v) is 11.1. The van der Waals surface area contributed by atoms with E-state index in [1.807, 2.05) is 6.92 Å². The van der Waals surface area contributed by atoms with E-state index in [1.165, 1.54) is 35.3 Å². The van der Waals surface area contributed by atoms with Crippen molar-refractivity contribution in [3.8, 4) is 5.82 Å². The second-order valence-corrected chi connectivity index (χ2v) is 8.22. The van der Waals surface area contributed by atoms with E-state index in [1.54, 1.807) is 31.3 Å². The third-order valence-corrected chi connectivity index (χ3v) is 5.44. The number of amides is 1. The summed E-state index contributed by atoms with van der Waals surface area (Å²) in [7, 11) is 1.68. The van der Waals surface area contributed by atoms with Gasteiger partial charge >= 0.3 is 5.97 Å². The van der Waals surface area contributed by atoms with E-state index >= 15 is 0 Å². The van der Waals surface area contributed by atoms with Crippen molar-refractivity contribution in [1.82, 2.24) is 19.7 Å². The van der Waals surface area contributed by atoms with Crippen LogP contribution in [0.1, 0.15) is 38.9 Å². The number of carbonyl (C=O) groups is 2. The van der Waals surface area contributed by atoms with E-state index < -0.39 is 17.8 Å². The average Bonchev–Trinajstić information content (AvgIpc) is 3.30. The molecule has 0 fully saturated rings. The summed E-state index contributed by atoms with van der Waals surface area (Å²) in [6.07, 6.45) is 1.32. The molecule has 2 aromatic heterocycles. The predicted octanol–water partition coefficient (Wildman–Crippen LogP) is 4.82. The maximum atomic E-state index is 13.7. The Morgan fingerprint density at radius 3 is 2.54 bits per heavy atom. The number of halogens is 2. The topological polar surface area (TPSA) is 134 Å². The van der Waals surface area contributed by atoms with Gasteiger partial charge in [0.25, 0.3) is 11.8 Å². The van der Waals surface area contributed by atoms with Gasteiger partial charge in [-0.05, 0) is 36.8 Å². The summed E-state index contributed by atoms with van der Waals surface area (Å²) in [4.78, 5) is 32.6. The first-order valence-electron chi connectivity index (χ1n) is 11.1. The number of benzene rings is 2. The number of aromatic nitrogens is 4. The highest BCUT2D eigenvalue weighted by Gasteiger charge is 2.25. The molecule has 190 valence electrons. The van der Waals surface area contributed by atoms with Crippen LogP contribution in [0.25, 0.3) is 5.82 Å². The maximum absolute atomic E-state index is 13.7. The highest BCUT2D eigenvalue weighted by Crippen LogP contribution is 2.29. The summed E-state index contributed by atoms with van der Waals surface area (Å²) in [6.45, 7) is 2.59. The lowest BCUT2D eigenvalue weighted by atomic mass is 10.1. The molecule has 2 aromatic carbocycles.